The molecule has 0 aliphatic rings. The summed E-state index contributed by atoms with van der Waals surface area (Å²) < 4.78 is 11.5. The number of benzene rings is 1. The Morgan fingerprint density at radius 1 is 1.18 bits per heavy atom. The van der Waals surface area contributed by atoms with E-state index in [1.165, 1.54) is 4.88 Å². The van der Waals surface area contributed by atoms with E-state index in [0.717, 1.165) is 28.0 Å². The Morgan fingerprint density at radius 2 is 1.95 bits per heavy atom. The van der Waals surface area contributed by atoms with E-state index in [0.29, 0.717) is 19.6 Å². The maximum absolute atomic E-state index is 11.2. The molecular formula is C16H18O3S3. The number of unbranched alkanes of at least 4 members (excludes halogenated alkanes) is 1. The van der Waals surface area contributed by atoms with Gasteiger partial charge < -0.3 is 9.47 Å². The van der Waals surface area contributed by atoms with Gasteiger partial charge >= 0.3 is 5.97 Å². The Bertz CT molecular complexity index is 643. The largest absolute Gasteiger partial charge is 0.494 e. The second-order valence-electron chi connectivity index (χ2n) is 4.63. The third kappa shape index (κ3) is 5.51. The zero-order valence-corrected chi connectivity index (χ0v) is 14.8. The molecule has 1 heterocycles. The molecule has 22 heavy (non-hydrogen) atoms. The Morgan fingerprint density at radius 3 is 2.59 bits per heavy atom. The predicted molar refractivity (Wildman–Crippen MR) is 94.4 cm³/mol. The normalized spacial score (nSPS) is 10.4. The molecule has 2 rings (SSSR count). The topological polar surface area (TPSA) is 35.5 Å². The zero-order valence-electron chi connectivity index (χ0n) is 12.4. The molecule has 0 amide bonds. The van der Waals surface area contributed by atoms with Gasteiger partial charge in [-0.2, -0.15) is 0 Å². The lowest BCUT2D eigenvalue weighted by atomic mass is 10.2. The van der Waals surface area contributed by atoms with Gasteiger partial charge in [0.15, 0.2) is 0 Å². The molecule has 0 aliphatic carbocycles. The molecule has 0 spiro atoms. The van der Waals surface area contributed by atoms with Gasteiger partial charge in [-0.15, -0.1) is 0 Å². The molecule has 0 radical (unpaired) electrons. The summed E-state index contributed by atoms with van der Waals surface area (Å²) in [7, 11) is 3.31. The van der Waals surface area contributed by atoms with Crippen molar-refractivity contribution < 1.29 is 14.3 Å². The lowest BCUT2D eigenvalue weighted by Crippen LogP contribution is -2.05. The molecule has 0 bridgehead atoms. The highest BCUT2D eigenvalue weighted by atomic mass is 32.9. The summed E-state index contributed by atoms with van der Waals surface area (Å²) in [5.41, 5.74) is 1.16. The van der Waals surface area contributed by atoms with Gasteiger partial charge in [0.25, 0.3) is 0 Å². The maximum atomic E-state index is 11.2. The minimum Gasteiger partial charge on any atom is -0.494 e. The van der Waals surface area contributed by atoms with Crippen LogP contribution in [0.25, 0.3) is 10.4 Å². The van der Waals surface area contributed by atoms with Crippen LogP contribution in [0.3, 0.4) is 0 Å². The van der Waals surface area contributed by atoms with E-state index in [4.69, 9.17) is 21.7 Å². The average Bonchev–Trinajstić information content (AvgIpc) is 2.94. The first-order valence-electron chi connectivity index (χ1n) is 7.18. The molecule has 0 atom stereocenters. The first-order valence-corrected chi connectivity index (χ1v) is 9.74. The van der Waals surface area contributed by atoms with Crippen LogP contribution < -0.4 is 4.74 Å². The fourth-order valence-corrected chi connectivity index (χ4v) is 4.29. The molecule has 0 saturated carbocycles. The summed E-state index contributed by atoms with van der Waals surface area (Å²) in [6, 6.07) is 10.0. The van der Waals surface area contributed by atoms with Gasteiger partial charge in [-0.3, -0.25) is 4.79 Å². The number of esters is 1. The first-order chi connectivity index (χ1) is 10.7. The van der Waals surface area contributed by atoms with Gasteiger partial charge in [-0.1, -0.05) is 32.9 Å². The first kappa shape index (κ1) is 17.1. The summed E-state index contributed by atoms with van der Waals surface area (Å²) >= 11 is 5.15. The number of carbonyl (C=O) groups is 1. The summed E-state index contributed by atoms with van der Waals surface area (Å²) in [5.74, 6) is 0.712. The van der Waals surface area contributed by atoms with Crippen molar-refractivity contribution in [3.63, 3.8) is 0 Å². The molecular weight excluding hydrogens is 336 g/mol. The van der Waals surface area contributed by atoms with Crippen LogP contribution in [0.1, 0.15) is 26.2 Å². The highest BCUT2D eigenvalue weighted by molar-refractivity contribution is 7.80. The third-order valence-corrected chi connectivity index (χ3v) is 5.86. The van der Waals surface area contributed by atoms with Crippen molar-refractivity contribution in [2.45, 2.75) is 26.2 Å². The van der Waals surface area contributed by atoms with Gasteiger partial charge in [0.05, 0.1) is 13.2 Å². The van der Waals surface area contributed by atoms with Crippen LogP contribution in [0.2, 0.25) is 0 Å². The zero-order chi connectivity index (χ0) is 15.8. The molecule has 0 unspecified atom stereocenters. The maximum Gasteiger partial charge on any atom is 0.305 e. The van der Waals surface area contributed by atoms with E-state index in [-0.39, 0.29) is 5.97 Å². The van der Waals surface area contributed by atoms with Crippen LogP contribution in [0.5, 0.6) is 5.75 Å². The summed E-state index contributed by atoms with van der Waals surface area (Å²) in [5, 5.41) is 0. The van der Waals surface area contributed by atoms with Crippen LogP contribution >= 0.6 is 32.9 Å². The molecule has 118 valence electrons. The third-order valence-electron chi connectivity index (χ3n) is 2.95. The van der Waals surface area contributed by atoms with E-state index in [2.05, 4.69) is 0 Å². The van der Waals surface area contributed by atoms with Crippen molar-refractivity contribution in [3.05, 3.63) is 34.2 Å². The van der Waals surface area contributed by atoms with Gasteiger partial charge in [0, 0.05) is 11.3 Å². The van der Waals surface area contributed by atoms with E-state index >= 15 is 0 Å². The van der Waals surface area contributed by atoms with Crippen LogP contribution in [0.15, 0.2) is 30.3 Å². The minimum absolute atomic E-state index is 0.134. The predicted octanol–water partition coefficient (Wildman–Crippen LogP) is 5.32. The van der Waals surface area contributed by atoms with Crippen LogP contribution in [-0.2, 0) is 9.53 Å². The smallest absolute Gasteiger partial charge is 0.305 e. The Labute approximate surface area is 142 Å². The van der Waals surface area contributed by atoms with E-state index in [1.54, 1.807) is 20.7 Å². The van der Waals surface area contributed by atoms with Crippen LogP contribution in [0.4, 0.5) is 0 Å². The molecule has 2 aromatic rings. The summed E-state index contributed by atoms with van der Waals surface area (Å²) in [4.78, 5) is 12.4. The summed E-state index contributed by atoms with van der Waals surface area (Å²) in [6.45, 7) is 2.87. The molecule has 0 aliphatic heterocycles. The van der Waals surface area contributed by atoms with Crippen LogP contribution in [-0.4, -0.2) is 19.2 Å². The lowest BCUT2D eigenvalue weighted by molar-refractivity contribution is -0.143. The Kier molecular flexibility index (Phi) is 7.02. The Hall–Kier alpha value is -1.24. The lowest BCUT2D eigenvalue weighted by Gasteiger charge is -2.06. The van der Waals surface area contributed by atoms with Gasteiger partial charge in [-0.25, -0.2) is 0 Å². The van der Waals surface area contributed by atoms with Crippen molar-refractivity contribution in [3.8, 4) is 16.2 Å². The molecule has 0 saturated heterocycles. The standard InChI is InChI=1S/C16H18O3S3/c1-2-18-15(17)5-3-4-10-19-13-8-6-12(7-9-13)14-11-16(20)22-21-14/h6-9,11H,2-5,10H2,1H3. The van der Waals surface area contributed by atoms with Crippen molar-refractivity contribution in [2.24, 2.45) is 0 Å². The van der Waals surface area contributed by atoms with E-state index < -0.39 is 0 Å². The number of rotatable bonds is 8. The van der Waals surface area contributed by atoms with Crippen molar-refractivity contribution >= 4 is 38.9 Å². The molecule has 6 heteroatoms. The SMILES string of the molecule is CCOC(=O)CCCCOc1ccc(-c2cc(=S)ss2)cc1. The van der Waals surface area contributed by atoms with E-state index in [9.17, 15) is 4.79 Å². The second kappa shape index (κ2) is 9.02. The van der Waals surface area contributed by atoms with Gasteiger partial charge in [0.1, 0.15) is 9.57 Å². The highest BCUT2D eigenvalue weighted by Gasteiger charge is 2.03. The quantitative estimate of drug-likeness (QED) is 0.278. The van der Waals surface area contributed by atoms with Gasteiger partial charge in [0.2, 0.25) is 0 Å². The second-order valence-corrected chi connectivity index (χ2v) is 7.54. The molecule has 0 fully saturated rings. The number of hydrogen-bond acceptors (Lipinski definition) is 6. The number of hydrogen-bond donors (Lipinski definition) is 0. The van der Waals surface area contributed by atoms with Crippen molar-refractivity contribution in [2.75, 3.05) is 13.2 Å². The van der Waals surface area contributed by atoms with Gasteiger partial charge in [-0.05, 0) is 55.7 Å². The number of ether oxygens (including phenoxy) is 2. The molecule has 1 aromatic carbocycles. The fourth-order valence-electron chi connectivity index (χ4n) is 1.88. The minimum atomic E-state index is -0.134. The average molecular weight is 355 g/mol. The van der Waals surface area contributed by atoms with Crippen molar-refractivity contribution in [1.29, 1.82) is 0 Å². The monoisotopic (exact) mass is 354 g/mol. The van der Waals surface area contributed by atoms with Crippen molar-refractivity contribution in [1.82, 2.24) is 0 Å². The molecule has 0 N–H and O–H groups in total. The molecule has 1 aromatic heterocycles. The highest BCUT2D eigenvalue weighted by Crippen LogP contribution is 2.30. The molecule has 3 nitrogen and oxygen atoms in total. The Balaban J connectivity index is 1.73. The van der Waals surface area contributed by atoms with Crippen LogP contribution in [0, 0.1) is 3.82 Å². The van der Waals surface area contributed by atoms with E-state index in [1.807, 2.05) is 37.3 Å². The number of carbonyl (C=O) groups excluding carboxylic acids is 1. The fraction of sp³-hybridized carbons (Fsp3) is 0.375. The summed E-state index contributed by atoms with van der Waals surface area (Å²) in [6.07, 6.45) is 2.08.